The van der Waals surface area contributed by atoms with Gasteiger partial charge in [-0.1, -0.05) is 29.8 Å². The number of para-hydroxylation sites is 1. The van der Waals surface area contributed by atoms with Gasteiger partial charge in [0.1, 0.15) is 5.60 Å². The lowest BCUT2D eigenvalue weighted by Gasteiger charge is -2.18. The first kappa shape index (κ1) is 19.5. The van der Waals surface area contributed by atoms with Gasteiger partial charge in [0.15, 0.2) is 23.2 Å². The standard InChI is InChI=1S/C23H24N2O3S/c1-14-8-9-15(2)17(10-14)18-13-29-22(24-18)25-20(26)12-27-19-7-5-6-16-11-23(3,4)28-21(16)19/h5-10,13H,11-12H2,1-4H3,(H,24,25,26). The highest BCUT2D eigenvalue weighted by Gasteiger charge is 2.32. The maximum atomic E-state index is 12.4. The van der Waals surface area contributed by atoms with Crippen LogP contribution in [0.25, 0.3) is 11.3 Å². The summed E-state index contributed by atoms with van der Waals surface area (Å²) >= 11 is 1.41. The molecule has 0 spiro atoms. The van der Waals surface area contributed by atoms with E-state index in [0.717, 1.165) is 34.6 Å². The maximum absolute atomic E-state index is 12.4. The predicted molar refractivity (Wildman–Crippen MR) is 116 cm³/mol. The number of hydrogen-bond donors (Lipinski definition) is 1. The van der Waals surface area contributed by atoms with E-state index in [0.29, 0.717) is 10.9 Å². The molecule has 150 valence electrons. The summed E-state index contributed by atoms with van der Waals surface area (Å²) < 4.78 is 11.7. The first-order valence-electron chi connectivity index (χ1n) is 9.57. The minimum atomic E-state index is -0.255. The molecule has 0 saturated carbocycles. The van der Waals surface area contributed by atoms with E-state index < -0.39 is 0 Å². The summed E-state index contributed by atoms with van der Waals surface area (Å²) in [7, 11) is 0. The molecule has 1 amide bonds. The van der Waals surface area contributed by atoms with Gasteiger partial charge in [-0.25, -0.2) is 4.98 Å². The van der Waals surface area contributed by atoms with Crippen LogP contribution in [0.3, 0.4) is 0 Å². The van der Waals surface area contributed by atoms with Crippen LogP contribution < -0.4 is 14.8 Å². The van der Waals surface area contributed by atoms with Crippen molar-refractivity contribution in [3.8, 4) is 22.8 Å². The molecule has 1 N–H and O–H groups in total. The molecule has 0 bridgehead atoms. The lowest BCUT2D eigenvalue weighted by atomic mass is 10.0. The monoisotopic (exact) mass is 408 g/mol. The molecular formula is C23H24N2O3S. The quantitative estimate of drug-likeness (QED) is 0.634. The molecule has 0 saturated heterocycles. The highest BCUT2D eigenvalue weighted by molar-refractivity contribution is 7.14. The molecule has 6 heteroatoms. The molecule has 3 aromatic rings. The van der Waals surface area contributed by atoms with Crippen LogP contribution >= 0.6 is 11.3 Å². The second-order valence-corrected chi connectivity index (χ2v) is 8.83. The van der Waals surface area contributed by atoms with E-state index >= 15 is 0 Å². The van der Waals surface area contributed by atoms with E-state index in [4.69, 9.17) is 9.47 Å². The zero-order chi connectivity index (χ0) is 20.6. The number of ether oxygens (including phenoxy) is 2. The van der Waals surface area contributed by atoms with Crippen LogP contribution in [-0.4, -0.2) is 23.1 Å². The van der Waals surface area contributed by atoms with Crippen molar-refractivity contribution in [1.29, 1.82) is 0 Å². The zero-order valence-corrected chi connectivity index (χ0v) is 17.9. The maximum Gasteiger partial charge on any atom is 0.264 e. The molecule has 2 heterocycles. The van der Waals surface area contributed by atoms with E-state index in [1.54, 1.807) is 0 Å². The largest absolute Gasteiger partial charge is 0.483 e. The van der Waals surface area contributed by atoms with E-state index in [1.807, 2.05) is 37.4 Å². The number of carbonyl (C=O) groups excluding carboxylic acids is 1. The molecule has 1 aliphatic rings. The lowest BCUT2D eigenvalue weighted by Crippen LogP contribution is -2.25. The molecule has 2 aromatic carbocycles. The normalized spacial score (nSPS) is 14.2. The predicted octanol–water partition coefficient (Wildman–Crippen LogP) is 5.16. The summed E-state index contributed by atoms with van der Waals surface area (Å²) in [6.45, 7) is 8.10. The smallest absolute Gasteiger partial charge is 0.264 e. The van der Waals surface area contributed by atoms with Gasteiger partial charge in [-0.2, -0.15) is 0 Å². The second-order valence-electron chi connectivity index (χ2n) is 7.98. The summed E-state index contributed by atoms with van der Waals surface area (Å²) in [4.78, 5) is 16.9. The van der Waals surface area contributed by atoms with Crippen molar-refractivity contribution in [3.63, 3.8) is 0 Å². The third-order valence-corrected chi connectivity index (χ3v) is 5.59. The lowest BCUT2D eigenvalue weighted by molar-refractivity contribution is -0.118. The Bertz CT molecular complexity index is 1070. The number of hydrogen-bond acceptors (Lipinski definition) is 5. The zero-order valence-electron chi connectivity index (χ0n) is 17.0. The van der Waals surface area contributed by atoms with Gasteiger partial charge in [-0.05, 0) is 45.4 Å². The van der Waals surface area contributed by atoms with Gasteiger partial charge in [-0.3, -0.25) is 10.1 Å². The number of thiazole rings is 1. The molecule has 0 aliphatic carbocycles. The van der Waals surface area contributed by atoms with E-state index in [1.165, 1.54) is 16.9 Å². The molecular weight excluding hydrogens is 384 g/mol. The van der Waals surface area contributed by atoms with Crippen LogP contribution in [0, 0.1) is 13.8 Å². The number of nitrogens with zero attached hydrogens (tertiary/aromatic N) is 1. The van der Waals surface area contributed by atoms with Crippen molar-refractivity contribution < 1.29 is 14.3 Å². The van der Waals surface area contributed by atoms with Crippen LogP contribution in [0.4, 0.5) is 5.13 Å². The average Bonchev–Trinajstić information content (AvgIpc) is 3.24. The summed E-state index contributed by atoms with van der Waals surface area (Å²) in [5, 5.41) is 5.34. The highest BCUT2D eigenvalue weighted by atomic mass is 32.1. The fourth-order valence-corrected chi connectivity index (χ4v) is 4.19. The van der Waals surface area contributed by atoms with Crippen molar-refractivity contribution in [2.24, 2.45) is 0 Å². The van der Waals surface area contributed by atoms with Crippen LogP contribution in [0.5, 0.6) is 11.5 Å². The van der Waals surface area contributed by atoms with Crippen molar-refractivity contribution >= 4 is 22.4 Å². The number of fused-ring (bicyclic) bond motifs is 1. The van der Waals surface area contributed by atoms with Gasteiger partial charge in [0.25, 0.3) is 5.91 Å². The van der Waals surface area contributed by atoms with Crippen molar-refractivity contribution in [2.45, 2.75) is 39.7 Å². The number of rotatable bonds is 5. The molecule has 0 radical (unpaired) electrons. The third-order valence-electron chi connectivity index (χ3n) is 4.83. The Balaban J connectivity index is 1.40. The number of aromatic nitrogens is 1. The number of carbonyl (C=O) groups is 1. The number of benzene rings is 2. The minimum absolute atomic E-state index is 0.0986. The summed E-state index contributed by atoms with van der Waals surface area (Å²) in [6.07, 6.45) is 0.825. The van der Waals surface area contributed by atoms with E-state index in [-0.39, 0.29) is 18.1 Å². The van der Waals surface area contributed by atoms with Crippen LogP contribution in [0.2, 0.25) is 0 Å². The molecule has 5 nitrogen and oxygen atoms in total. The summed E-state index contributed by atoms with van der Waals surface area (Å²) in [5.41, 5.74) is 5.13. The highest BCUT2D eigenvalue weighted by Crippen LogP contribution is 2.41. The van der Waals surface area contributed by atoms with Crippen LogP contribution in [0.15, 0.2) is 41.8 Å². The number of nitrogens with one attached hydrogen (secondary N) is 1. The van der Waals surface area contributed by atoms with Gasteiger partial charge in [0, 0.05) is 22.9 Å². The molecule has 29 heavy (non-hydrogen) atoms. The van der Waals surface area contributed by atoms with Gasteiger partial charge in [-0.15, -0.1) is 11.3 Å². The molecule has 0 fully saturated rings. The van der Waals surface area contributed by atoms with Gasteiger partial charge < -0.3 is 9.47 Å². The van der Waals surface area contributed by atoms with Crippen LogP contribution in [0.1, 0.15) is 30.5 Å². The topological polar surface area (TPSA) is 60.5 Å². The molecule has 0 atom stereocenters. The fourth-order valence-electron chi connectivity index (χ4n) is 3.47. The summed E-state index contributed by atoms with van der Waals surface area (Å²) in [6, 6.07) is 12.1. The fraction of sp³-hybridized carbons (Fsp3) is 0.304. The van der Waals surface area contributed by atoms with Gasteiger partial charge in [0.2, 0.25) is 0 Å². The summed E-state index contributed by atoms with van der Waals surface area (Å²) in [5.74, 6) is 1.08. The molecule has 1 aliphatic heterocycles. The number of anilines is 1. The van der Waals surface area contributed by atoms with E-state index in [2.05, 4.69) is 42.3 Å². The third kappa shape index (κ3) is 4.27. The van der Waals surface area contributed by atoms with Gasteiger partial charge >= 0.3 is 0 Å². The Labute approximate surface area is 174 Å². The first-order valence-corrected chi connectivity index (χ1v) is 10.5. The SMILES string of the molecule is Cc1ccc(C)c(-c2csc(NC(=O)COc3cccc4c3OC(C)(C)C4)n2)c1. The van der Waals surface area contributed by atoms with Crippen molar-refractivity contribution in [1.82, 2.24) is 4.98 Å². The molecule has 0 unspecified atom stereocenters. The van der Waals surface area contributed by atoms with Gasteiger partial charge in [0.05, 0.1) is 5.69 Å². The number of amides is 1. The number of aryl methyl sites for hydroxylation is 2. The Morgan fingerprint density at radius 1 is 1.28 bits per heavy atom. The molecule has 1 aromatic heterocycles. The van der Waals surface area contributed by atoms with Crippen molar-refractivity contribution in [3.05, 3.63) is 58.5 Å². The first-order chi connectivity index (χ1) is 13.8. The molecule has 4 rings (SSSR count). The van der Waals surface area contributed by atoms with E-state index in [9.17, 15) is 4.79 Å². The Morgan fingerprint density at radius 3 is 2.93 bits per heavy atom. The van der Waals surface area contributed by atoms with Crippen molar-refractivity contribution in [2.75, 3.05) is 11.9 Å². The Morgan fingerprint density at radius 2 is 2.10 bits per heavy atom. The Hall–Kier alpha value is -2.86. The minimum Gasteiger partial charge on any atom is -0.483 e. The Kier molecular flexibility index (Phi) is 5.04. The average molecular weight is 409 g/mol. The van der Waals surface area contributed by atoms with Crippen LogP contribution in [-0.2, 0) is 11.2 Å². The second kappa shape index (κ2) is 7.52.